The Morgan fingerprint density at radius 1 is 0.938 bits per heavy atom. The third-order valence-electron chi connectivity index (χ3n) is 4.05. The molecule has 16 heavy (non-hydrogen) atoms. The maximum Gasteiger partial charge on any atom is 0.119 e. The molecule has 1 unspecified atom stereocenters. The normalized spacial score (nSPS) is 23.7. The summed E-state index contributed by atoms with van der Waals surface area (Å²) in [7, 11) is 0. The lowest BCUT2D eigenvalue weighted by Crippen LogP contribution is -2.15. The molecule has 0 saturated heterocycles. The van der Waals surface area contributed by atoms with Crippen molar-refractivity contribution < 1.29 is 10.2 Å². The lowest BCUT2D eigenvalue weighted by molar-refractivity contribution is 0.156. The Balaban J connectivity index is 2.19. The second kappa shape index (κ2) is 3.77. The smallest absolute Gasteiger partial charge is 0.119 e. The summed E-state index contributed by atoms with van der Waals surface area (Å²) in [6.45, 7) is 0. The van der Waals surface area contributed by atoms with E-state index in [0.29, 0.717) is 5.75 Å². The first kappa shape index (κ1) is 10.2. The zero-order chi connectivity index (χ0) is 11.1. The molecule has 2 nitrogen and oxygen atoms in total. The molecule has 0 saturated carbocycles. The summed E-state index contributed by atoms with van der Waals surface area (Å²) in [5.41, 5.74) is 4.83. The summed E-state index contributed by atoms with van der Waals surface area (Å²) >= 11 is 0. The van der Waals surface area contributed by atoms with Gasteiger partial charge < -0.3 is 10.2 Å². The van der Waals surface area contributed by atoms with Crippen LogP contribution in [-0.4, -0.2) is 10.2 Å². The molecule has 3 rings (SSSR count). The van der Waals surface area contributed by atoms with Gasteiger partial charge >= 0.3 is 0 Å². The minimum Gasteiger partial charge on any atom is -0.508 e. The molecule has 0 fully saturated rings. The molecule has 0 radical (unpaired) electrons. The average molecular weight is 218 g/mol. The van der Waals surface area contributed by atoms with E-state index < -0.39 is 0 Å². The Bertz CT molecular complexity index is 423. The third kappa shape index (κ3) is 1.44. The second-order valence-corrected chi connectivity index (χ2v) is 5.04. The van der Waals surface area contributed by atoms with Gasteiger partial charge in [-0.2, -0.15) is 0 Å². The van der Waals surface area contributed by atoms with Crippen LogP contribution in [0.3, 0.4) is 0 Å². The summed E-state index contributed by atoms with van der Waals surface area (Å²) in [4.78, 5) is 0. The topological polar surface area (TPSA) is 40.5 Å². The first-order chi connectivity index (χ1) is 7.77. The van der Waals surface area contributed by atoms with E-state index in [-0.39, 0.29) is 6.10 Å². The number of aromatic hydroxyl groups is 1. The molecule has 2 heteroatoms. The van der Waals surface area contributed by atoms with Crippen LogP contribution in [0.25, 0.3) is 0 Å². The molecule has 2 N–H and O–H groups in total. The van der Waals surface area contributed by atoms with E-state index in [1.807, 2.05) is 6.07 Å². The van der Waals surface area contributed by atoms with Gasteiger partial charge in [0.2, 0.25) is 0 Å². The van der Waals surface area contributed by atoms with Gasteiger partial charge in [-0.3, -0.25) is 0 Å². The first-order valence-electron chi connectivity index (χ1n) is 6.32. The van der Waals surface area contributed by atoms with E-state index in [0.717, 1.165) is 43.2 Å². The molecule has 1 aromatic rings. The minimum absolute atomic E-state index is 0.359. The van der Waals surface area contributed by atoms with Gasteiger partial charge in [0.1, 0.15) is 5.75 Å². The highest BCUT2D eigenvalue weighted by molar-refractivity contribution is 5.51. The van der Waals surface area contributed by atoms with Crippen LogP contribution in [0.2, 0.25) is 0 Å². The van der Waals surface area contributed by atoms with Crippen LogP contribution in [0, 0.1) is 0 Å². The quantitative estimate of drug-likeness (QED) is 0.702. The summed E-state index contributed by atoms with van der Waals surface area (Å²) in [5, 5.41) is 20.0. The molecule has 0 spiro atoms. The van der Waals surface area contributed by atoms with Crippen LogP contribution < -0.4 is 0 Å². The lowest BCUT2D eigenvalue weighted by atomic mass is 9.79. The predicted octanol–water partition coefficient (Wildman–Crippen LogP) is 2.64. The Morgan fingerprint density at radius 2 is 1.62 bits per heavy atom. The van der Waals surface area contributed by atoms with Crippen LogP contribution in [0.1, 0.15) is 54.0 Å². The fourth-order valence-electron chi connectivity index (χ4n) is 3.24. The van der Waals surface area contributed by atoms with Gasteiger partial charge in [-0.15, -0.1) is 0 Å². The van der Waals surface area contributed by atoms with Crippen molar-refractivity contribution in [3.05, 3.63) is 28.3 Å². The Morgan fingerprint density at radius 3 is 2.44 bits per heavy atom. The van der Waals surface area contributed by atoms with E-state index in [2.05, 4.69) is 0 Å². The summed E-state index contributed by atoms with van der Waals surface area (Å²) in [6.07, 6.45) is 7.12. The maximum atomic E-state index is 10.0. The molecular formula is C14H18O2. The van der Waals surface area contributed by atoms with E-state index in [4.69, 9.17) is 0 Å². The van der Waals surface area contributed by atoms with Gasteiger partial charge in [0.05, 0.1) is 6.10 Å². The van der Waals surface area contributed by atoms with Crippen molar-refractivity contribution in [1.29, 1.82) is 0 Å². The largest absolute Gasteiger partial charge is 0.508 e. The number of benzene rings is 1. The third-order valence-corrected chi connectivity index (χ3v) is 4.05. The summed E-state index contributed by atoms with van der Waals surface area (Å²) < 4.78 is 0. The van der Waals surface area contributed by atoms with Gasteiger partial charge in [-0.25, -0.2) is 0 Å². The highest BCUT2D eigenvalue weighted by Gasteiger charge is 2.25. The monoisotopic (exact) mass is 218 g/mol. The molecule has 0 aromatic heterocycles. The molecule has 0 aliphatic heterocycles. The fourth-order valence-corrected chi connectivity index (χ4v) is 3.24. The highest BCUT2D eigenvalue weighted by Crippen LogP contribution is 2.40. The molecular weight excluding hydrogens is 200 g/mol. The summed E-state index contributed by atoms with van der Waals surface area (Å²) in [6, 6.07) is 1.81. The zero-order valence-corrected chi connectivity index (χ0v) is 9.50. The van der Waals surface area contributed by atoms with Crippen molar-refractivity contribution in [2.45, 2.75) is 51.0 Å². The molecule has 0 heterocycles. The first-order valence-corrected chi connectivity index (χ1v) is 6.32. The molecule has 1 aromatic carbocycles. The van der Waals surface area contributed by atoms with Crippen LogP contribution in [0.15, 0.2) is 6.07 Å². The van der Waals surface area contributed by atoms with Gasteiger partial charge in [-0.1, -0.05) is 0 Å². The van der Waals surface area contributed by atoms with Crippen LogP contribution in [0.4, 0.5) is 0 Å². The number of aliphatic hydroxyl groups excluding tert-OH is 1. The van der Waals surface area contributed by atoms with Gasteiger partial charge in [0.25, 0.3) is 0 Å². The molecule has 2 aliphatic carbocycles. The minimum atomic E-state index is -0.359. The highest BCUT2D eigenvalue weighted by atomic mass is 16.3. The Kier molecular flexibility index (Phi) is 2.40. The maximum absolute atomic E-state index is 10.0. The number of phenolic OH excluding ortho intramolecular Hbond substituents is 1. The molecule has 0 bridgehead atoms. The number of fused-ring (bicyclic) bond motifs is 3. The van der Waals surface area contributed by atoms with E-state index in [1.165, 1.54) is 24.0 Å². The molecule has 2 aliphatic rings. The van der Waals surface area contributed by atoms with Crippen molar-refractivity contribution in [1.82, 2.24) is 0 Å². The van der Waals surface area contributed by atoms with E-state index in [1.54, 1.807) is 0 Å². The van der Waals surface area contributed by atoms with Crippen LogP contribution in [-0.2, 0) is 19.3 Å². The van der Waals surface area contributed by atoms with Crippen molar-refractivity contribution in [2.75, 3.05) is 0 Å². The number of aliphatic hydroxyl groups is 1. The molecule has 0 amide bonds. The van der Waals surface area contributed by atoms with Crippen LogP contribution in [0.5, 0.6) is 5.75 Å². The second-order valence-electron chi connectivity index (χ2n) is 5.04. The SMILES string of the molecule is Oc1cc2c(c3c1CCCC3)CCCC2O. The van der Waals surface area contributed by atoms with Crippen molar-refractivity contribution in [3.8, 4) is 5.75 Å². The number of hydrogen-bond donors (Lipinski definition) is 2. The zero-order valence-electron chi connectivity index (χ0n) is 9.50. The van der Waals surface area contributed by atoms with Crippen LogP contribution >= 0.6 is 0 Å². The van der Waals surface area contributed by atoms with Gasteiger partial charge in [0, 0.05) is 0 Å². The van der Waals surface area contributed by atoms with Gasteiger partial charge in [-0.05, 0) is 73.3 Å². The number of hydrogen-bond acceptors (Lipinski definition) is 2. The van der Waals surface area contributed by atoms with Crippen molar-refractivity contribution >= 4 is 0 Å². The lowest BCUT2D eigenvalue weighted by Gasteiger charge is -2.28. The van der Waals surface area contributed by atoms with Crippen molar-refractivity contribution in [2.24, 2.45) is 0 Å². The predicted molar refractivity (Wildman–Crippen MR) is 62.6 cm³/mol. The fraction of sp³-hybridized carbons (Fsp3) is 0.571. The van der Waals surface area contributed by atoms with Crippen molar-refractivity contribution in [3.63, 3.8) is 0 Å². The van der Waals surface area contributed by atoms with Gasteiger partial charge in [0.15, 0.2) is 0 Å². The Hall–Kier alpha value is -1.02. The standard InChI is InChI=1S/C14H18O2/c15-13-7-3-6-10-9-4-1-2-5-11(9)14(16)8-12(10)13/h8,13,15-16H,1-7H2. The Labute approximate surface area is 95.9 Å². The van der Waals surface area contributed by atoms with E-state index in [9.17, 15) is 10.2 Å². The molecule has 1 atom stereocenters. The average Bonchev–Trinajstić information content (AvgIpc) is 2.31. The molecule has 86 valence electrons. The number of phenols is 1. The summed E-state index contributed by atoms with van der Waals surface area (Å²) in [5.74, 6) is 0.411. The van der Waals surface area contributed by atoms with E-state index >= 15 is 0 Å². The number of rotatable bonds is 0.